The van der Waals surface area contributed by atoms with Gasteiger partial charge < -0.3 is 10.5 Å². The Kier molecular flexibility index (Phi) is 3.96. The van der Waals surface area contributed by atoms with Crippen LogP contribution in [-0.2, 0) is 0 Å². The zero-order valence-electron chi connectivity index (χ0n) is 9.21. The third kappa shape index (κ3) is 2.26. The van der Waals surface area contributed by atoms with Crippen molar-refractivity contribution in [1.82, 2.24) is 0 Å². The van der Waals surface area contributed by atoms with Gasteiger partial charge in [-0.05, 0) is 37.4 Å². The molecule has 0 radical (unpaired) electrons. The van der Waals surface area contributed by atoms with E-state index in [2.05, 4.69) is 26.0 Å². The van der Waals surface area contributed by atoms with E-state index in [0.717, 1.165) is 12.2 Å². The van der Waals surface area contributed by atoms with Gasteiger partial charge in [-0.25, -0.2) is 0 Å². The Balaban J connectivity index is 3.08. The molecule has 1 aromatic carbocycles. The van der Waals surface area contributed by atoms with Gasteiger partial charge in [0.25, 0.3) is 0 Å². The molecule has 0 bridgehead atoms. The second kappa shape index (κ2) is 5.01. The van der Waals surface area contributed by atoms with Gasteiger partial charge in [0.1, 0.15) is 5.75 Å². The van der Waals surface area contributed by atoms with Gasteiger partial charge in [-0.3, -0.25) is 0 Å². The third-order valence-corrected chi connectivity index (χ3v) is 2.60. The molecule has 2 N–H and O–H groups in total. The zero-order chi connectivity index (χ0) is 10.6. The first-order valence-electron chi connectivity index (χ1n) is 5.07. The number of benzene rings is 1. The summed E-state index contributed by atoms with van der Waals surface area (Å²) >= 11 is 0. The molecule has 0 aliphatic rings. The van der Waals surface area contributed by atoms with Crippen molar-refractivity contribution >= 4 is 0 Å². The van der Waals surface area contributed by atoms with E-state index in [4.69, 9.17) is 10.5 Å². The second-order valence-electron chi connectivity index (χ2n) is 3.59. The van der Waals surface area contributed by atoms with Gasteiger partial charge in [-0.2, -0.15) is 0 Å². The van der Waals surface area contributed by atoms with Crippen LogP contribution >= 0.6 is 0 Å². The smallest absolute Gasteiger partial charge is 0.122 e. The van der Waals surface area contributed by atoms with Crippen molar-refractivity contribution in [2.75, 3.05) is 13.7 Å². The molecule has 0 saturated heterocycles. The number of hydrogen-bond acceptors (Lipinski definition) is 2. The normalized spacial score (nSPS) is 12.6. The highest BCUT2D eigenvalue weighted by molar-refractivity contribution is 5.39. The first-order valence-corrected chi connectivity index (χ1v) is 5.07. The number of ether oxygens (including phenoxy) is 1. The molecule has 1 aromatic rings. The van der Waals surface area contributed by atoms with E-state index in [0.29, 0.717) is 12.5 Å². The predicted molar refractivity (Wildman–Crippen MR) is 59.8 cm³/mol. The first kappa shape index (κ1) is 11.1. The summed E-state index contributed by atoms with van der Waals surface area (Å²) < 4.78 is 5.33. The summed E-state index contributed by atoms with van der Waals surface area (Å²) in [6.07, 6.45) is 1.05. The van der Waals surface area contributed by atoms with E-state index in [1.165, 1.54) is 11.1 Å². The highest BCUT2D eigenvalue weighted by atomic mass is 16.5. The monoisotopic (exact) mass is 193 g/mol. The van der Waals surface area contributed by atoms with Crippen molar-refractivity contribution in [2.45, 2.75) is 26.2 Å². The molecule has 14 heavy (non-hydrogen) atoms. The molecule has 0 fully saturated rings. The fraction of sp³-hybridized carbons (Fsp3) is 0.500. The van der Waals surface area contributed by atoms with Gasteiger partial charge in [0.05, 0.1) is 7.11 Å². The molecule has 0 heterocycles. The maximum Gasteiger partial charge on any atom is 0.122 e. The summed E-state index contributed by atoms with van der Waals surface area (Å²) in [6.45, 7) is 4.92. The Morgan fingerprint density at radius 3 is 2.64 bits per heavy atom. The molecule has 0 amide bonds. The molecule has 0 saturated carbocycles. The molecule has 2 nitrogen and oxygen atoms in total. The maximum atomic E-state index is 5.73. The van der Waals surface area contributed by atoms with Crippen LogP contribution in [0.15, 0.2) is 18.2 Å². The summed E-state index contributed by atoms with van der Waals surface area (Å²) in [5, 5.41) is 0. The average Bonchev–Trinajstić information content (AvgIpc) is 2.20. The molecule has 0 aliphatic heterocycles. The summed E-state index contributed by atoms with van der Waals surface area (Å²) in [6, 6.07) is 6.24. The van der Waals surface area contributed by atoms with Crippen LogP contribution < -0.4 is 10.5 Å². The quantitative estimate of drug-likeness (QED) is 0.797. The number of hydrogen-bond donors (Lipinski definition) is 1. The van der Waals surface area contributed by atoms with Crippen LogP contribution in [0.4, 0.5) is 0 Å². The lowest BCUT2D eigenvalue weighted by Gasteiger charge is -2.17. The van der Waals surface area contributed by atoms with Crippen LogP contribution in [0.1, 0.15) is 30.4 Å². The lowest BCUT2D eigenvalue weighted by molar-refractivity contribution is 0.404. The topological polar surface area (TPSA) is 35.2 Å². The molecule has 1 unspecified atom stereocenters. The van der Waals surface area contributed by atoms with Crippen LogP contribution in [0.2, 0.25) is 0 Å². The minimum absolute atomic E-state index is 0.407. The standard InChI is InChI=1S/C12H19NO/c1-4-10(8-13)11-7-9(2)5-6-12(11)14-3/h5-7,10H,4,8,13H2,1-3H3. The zero-order valence-corrected chi connectivity index (χ0v) is 9.21. The van der Waals surface area contributed by atoms with Crippen molar-refractivity contribution < 1.29 is 4.74 Å². The number of rotatable bonds is 4. The third-order valence-electron chi connectivity index (χ3n) is 2.60. The summed E-state index contributed by atoms with van der Waals surface area (Å²) in [4.78, 5) is 0. The first-order chi connectivity index (χ1) is 6.72. The summed E-state index contributed by atoms with van der Waals surface area (Å²) in [5.74, 6) is 1.36. The predicted octanol–water partition coefficient (Wildman–Crippen LogP) is 2.46. The van der Waals surface area contributed by atoms with Crippen LogP contribution in [0.5, 0.6) is 5.75 Å². The van der Waals surface area contributed by atoms with Crippen LogP contribution in [-0.4, -0.2) is 13.7 Å². The Hall–Kier alpha value is -1.02. The minimum atomic E-state index is 0.407. The van der Waals surface area contributed by atoms with Crippen LogP contribution in [0.25, 0.3) is 0 Å². The molecular weight excluding hydrogens is 174 g/mol. The van der Waals surface area contributed by atoms with Gasteiger partial charge in [-0.1, -0.05) is 24.6 Å². The SMILES string of the molecule is CCC(CN)c1cc(C)ccc1OC. The molecule has 78 valence electrons. The molecule has 0 aliphatic carbocycles. The highest BCUT2D eigenvalue weighted by Crippen LogP contribution is 2.28. The van der Waals surface area contributed by atoms with Gasteiger partial charge in [0.2, 0.25) is 0 Å². The largest absolute Gasteiger partial charge is 0.496 e. The Morgan fingerprint density at radius 1 is 1.43 bits per heavy atom. The average molecular weight is 193 g/mol. The van der Waals surface area contributed by atoms with Gasteiger partial charge >= 0.3 is 0 Å². The van der Waals surface area contributed by atoms with E-state index in [1.54, 1.807) is 7.11 Å². The van der Waals surface area contributed by atoms with E-state index in [9.17, 15) is 0 Å². The maximum absolute atomic E-state index is 5.73. The lowest BCUT2D eigenvalue weighted by atomic mass is 9.94. The van der Waals surface area contributed by atoms with Gasteiger partial charge in [-0.15, -0.1) is 0 Å². The molecule has 1 atom stereocenters. The fourth-order valence-electron chi connectivity index (χ4n) is 1.69. The van der Waals surface area contributed by atoms with Crippen molar-refractivity contribution in [1.29, 1.82) is 0 Å². The van der Waals surface area contributed by atoms with Crippen LogP contribution in [0.3, 0.4) is 0 Å². The number of nitrogens with two attached hydrogens (primary N) is 1. The number of methoxy groups -OCH3 is 1. The molecule has 1 rings (SSSR count). The van der Waals surface area contributed by atoms with Gasteiger partial charge in [0.15, 0.2) is 0 Å². The Labute approximate surface area is 86.1 Å². The molecular formula is C12H19NO. The molecule has 0 aromatic heterocycles. The van der Waals surface area contributed by atoms with E-state index in [1.807, 2.05) is 6.07 Å². The summed E-state index contributed by atoms with van der Waals surface area (Å²) in [5.41, 5.74) is 8.22. The minimum Gasteiger partial charge on any atom is -0.496 e. The summed E-state index contributed by atoms with van der Waals surface area (Å²) in [7, 11) is 1.71. The van der Waals surface area contributed by atoms with Crippen molar-refractivity contribution in [2.24, 2.45) is 5.73 Å². The van der Waals surface area contributed by atoms with Crippen molar-refractivity contribution in [3.63, 3.8) is 0 Å². The van der Waals surface area contributed by atoms with E-state index < -0.39 is 0 Å². The second-order valence-corrected chi connectivity index (χ2v) is 3.59. The van der Waals surface area contributed by atoms with Gasteiger partial charge in [0, 0.05) is 0 Å². The van der Waals surface area contributed by atoms with E-state index >= 15 is 0 Å². The Morgan fingerprint density at radius 2 is 2.14 bits per heavy atom. The fourth-order valence-corrected chi connectivity index (χ4v) is 1.69. The van der Waals surface area contributed by atoms with Crippen LogP contribution in [0, 0.1) is 6.92 Å². The highest BCUT2D eigenvalue weighted by Gasteiger charge is 2.12. The Bertz CT molecular complexity index is 292. The van der Waals surface area contributed by atoms with E-state index in [-0.39, 0.29) is 0 Å². The van der Waals surface area contributed by atoms with Crippen molar-refractivity contribution in [3.05, 3.63) is 29.3 Å². The lowest BCUT2D eigenvalue weighted by Crippen LogP contribution is -2.12. The molecule has 2 heteroatoms. The van der Waals surface area contributed by atoms with Crippen molar-refractivity contribution in [3.8, 4) is 5.75 Å². The number of aryl methyl sites for hydroxylation is 1. The molecule has 0 spiro atoms.